The summed E-state index contributed by atoms with van der Waals surface area (Å²) in [5.74, 6) is 0.320. The van der Waals surface area contributed by atoms with Gasteiger partial charge in [0.2, 0.25) is 0 Å². The van der Waals surface area contributed by atoms with E-state index in [-0.39, 0.29) is 5.41 Å². The Morgan fingerprint density at radius 3 is 2.43 bits per heavy atom. The molecule has 0 aliphatic heterocycles. The molecule has 1 aliphatic carbocycles. The summed E-state index contributed by atoms with van der Waals surface area (Å²) in [5, 5.41) is 9.06. The Labute approximate surface area is 127 Å². The Kier molecular flexibility index (Phi) is 4.60. The van der Waals surface area contributed by atoms with E-state index >= 15 is 0 Å². The number of carboxylic acid groups (broad SMARTS) is 1. The highest BCUT2D eigenvalue weighted by Gasteiger charge is 2.25. The SMILES string of the molecule is CC(Oc1ccc(C(C)(C)C)cc1C1CCCC1)C(=O)O. The predicted octanol–water partition coefficient (Wildman–Crippen LogP) is 4.49. The highest BCUT2D eigenvalue weighted by atomic mass is 16.5. The number of aliphatic carboxylic acids is 1. The third-order valence-electron chi connectivity index (χ3n) is 4.32. The van der Waals surface area contributed by atoms with Crippen molar-refractivity contribution in [1.82, 2.24) is 0 Å². The zero-order valence-corrected chi connectivity index (χ0v) is 13.5. The summed E-state index contributed by atoms with van der Waals surface area (Å²) in [6.45, 7) is 8.17. The van der Waals surface area contributed by atoms with Crippen LogP contribution in [0.4, 0.5) is 0 Å². The smallest absolute Gasteiger partial charge is 0.344 e. The van der Waals surface area contributed by atoms with Crippen molar-refractivity contribution in [3.63, 3.8) is 0 Å². The standard InChI is InChI=1S/C18H26O3/c1-12(17(19)20)21-16-10-9-14(18(2,3)4)11-15(16)13-7-5-6-8-13/h9-13H,5-8H2,1-4H3,(H,19,20). The Bertz CT molecular complexity index is 508. The zero-order valence-electron chi connectivity index (χ0n) is 13.5. The summed E-state index contributed by atoms with van der Waals surface area (Å²) < 4.78 is 5.69. The van der Waals surface area contributed by atoms with Crippen molar-refractivity contribution in [3.05, 3.63) is 29.3 Å². The fraction of sp³-hybridized carbons (Fsp3) is 0.611. The van der Waals surface area contributed by atoms with E-state index in [0.29, 0.717) is 5.92 Å². The molecule has 0 radical (unpaired) electrons. The lowest BCUT2D eigenvalue weighted by atomic mass is 9.84. The van der Waals surface area contributed by atoms with Gasteiger partial charge in [0, 0.05) is 0 Å². The molecule has 1 fully saturated rings. The second kappa shape index (κ2) is 6.08. The van der Waals surface area contributed by atoms with Crippen LogP contribution in [-0.4, -0.2) is 17.2 Å². The summed E-state index contributed by atoms with van der Waals surface area (Å²) in [6, 6.07) is 6.23. The molecule has 0 amide bonds. The highest BCUT2D eigenvalue weighted by Crippen LogP contribution is 2.41. The van der Waals surface area contributed by atoms with Crippen LogP contribution in [0, 0.1) is 0 Å². The van der Waals surface area contributed by atoms with Gasteiger partial charge in [-0.15, -0.1) is 0 Å². The minimum absolute atomic E-state index is 0.0876. The quantitative estimate of drug-likeness (QED) is 0.888. The molecule has 116 valence electrons. The molecule has 1 unspecified atom stereocenters. The van der Waals surface area contributed by atoms with E-state index in [2.05, 4.69) is 32.9 Å². The highest BCUT2D eigenvalue weighted by molar-refractivity contribution is 5.72. The van der Waals surface area contributed by atoms with E-state index in [1.165, 1.54) is 36.8 Å². The third-order valence-corrected chi connectivity index (χ3v) is 4.32. The van der Waals surface area contributed by atoms with E-state index < -0.39 is 12.1 Å². The minimum atomic E-state index is -0.924. The summed E-state index contributed by atoms with van der Waals surface area (Å²) in [6.07, 6.45) is 4.03. The van der Waals surface area contributed by atoms with E-state index in [9.17, 15) is 4.79 Å². The van der Waals surface area contributed by atoms with Gasteiger partial charge in [-0.05, 0) is 48.3 Å². The molecular formula is C18H26O3. The lowest BCUT2D eigenvalue weighted by Gasteiger charge is -2.24. The van der Waals surface area contributed by atoms with Gasteiger partial charge in [-0.2, -0.15) is 0 Å². The average molecular weight is 290 g/mol. The van der Waals surface area contributed by atoms with Crippen molar-refractivity contribution in [3.8, 4) is 5.75 Å². The number of hydrogen-bond acceptors (Lipinski definition) is 2. The molecular weight excluding hydrogens is 264 g/mol. The second-order valence-electron chi connectivity index (χ2n) is 7.08. The summed E-state index contributed by atoms with van der Waals surface area (Å²) >= 11 is 0. The first kappa shape index (κ1) is 15.9. The van der Waals surface area contributed by atoms with Gasteiger partial charge in [0.05, 0.1) is 0 Å². The molecule has 1 atom stereocenters. The van der Waals surface area contributed by atoms with Crippen LogP contribution in [0.3, 0.4) is 0 Å². The van der Waals surface area contributed by atoms with Crippen LogP contribution in [0.1, 0.15) is 70.4 Å². The molecule has 1 aliphatic rings. The zero-order chi connectivity index (χ0) is 15.6. The van der Waals surface area contributed by atoms with Gasteiger partial charge in [-0.25, -0.2) is 4.79 Å². The van der Waals surface area contributed by atoms with E-state index in [0.717, 1.165) is 5.75 Å². The van der Waals surface area contributed by atoms with Gasteiger partial charge in [0.15, 0.2) is 6.10 Å². The van der Waals surface area contributed by atoms with Crippen molar-refractivity contribution in [2.45, 2.75) is 70.8 Å². The number of ether oxygens (including phenoxy) is 1. The van der Waals surface area contributed by atoms with Crippen molar-refractivity contribution < 1.29 is 14.6 Å². The molecule has 0 heterocycles. The molecule has 0 spiro atoms. The lowest BCUT2D eigenvalue weighted by Crippen LogP contribution is -2.24. The molecule has 0 saturated heterocycles. The van der Waals surface area contributed by atoms with Gasteiger partial charge in [-0.1, -0.05) is 45.7 Å². The van der Waals surface area contributed by atoms with Gasteiger partial charge < -0.3 is 9.84 Å². The van der Waals surface area contributed by atoms with Crippen molar-refractivity contribution in [2.75, 3.05) is 0 Å². The van der Waals surface area contributed by atoms with Gasteiger partial charge in [-0.3, -0.25) is 0 Å². The van der Waals surface area contributed by atoms with Crippen LogP contribution < -0.4 is 4.74 Å². The van der Waals surface area contributed by atoms with E-state index in [1.807, 2.05) is 6.07 Å². The van der Waals surface area contributed by atoms with Crippen LogP contribution in [-0.2, 0) is 10.2 Å². The topological polar surface area (TPSA) is 46.5 Å². The summed E-state index contributed by atoms with van der Waals surface area (Å²) in [7, 11) is 0. The maximum Gasteiger partial charge on any atom is 0.344 e. The predicted molar refractivity (Wildman–Crippen MR) is 84.1 cm³/mol. The average Bonchev–Trinajstić information content (AvgIpc) is 2.91. The Morgan fingerprint density at radius 2 is 1.90 bits per heavy atom. The van der Waals surface area contributed by atoms with Crippen molar-refractivity contribution in [1.29, 1.82) is 0 Å². The van der Waals surface area contributed by atoms with Crippen LogP contribution >= 0.6 is 0 Å². The molecule has 0 bridgehead atoms. The Hall–Kier alpha value is -1.51. The molecule has 1 aromatic carbocycles. The largest absolute Gasteiger partial charge is 0.479 e. The van der Waals surface area contributed by atoms with E-state index in [1.54, 1.807) is 6.92 Å². The molecule has 0 aromatic heterocycles. The number of carbonyl (C=O) groups is 1. The first-order valence-electron chi connectivity index (χ1n) is 7.83. The monoisotopic (exact) mass is 290 g/mol. The Morgan fingerprint density at radius 1 is 1.29 bits per heavy atom. The minimum Gasteiger partial charge on any atom is -0.479 e. The number of hydrogen-bond donors (Lipinski definition) is 1. The van der Waals surface area contributed by atoms with Crippen LogP contribution in [0.25, 0.3) is 0 Å². The lowest BCUT2D eigenvalue weighted by molar-refractivity contribution is -0.144. The van der Waals surface area contributed by atoms with Gasteiger partial charge in [0.25, 0.3) is 0 Å². The maximum absolute atomic E-state index is 11.0. The molecule has 1 N–H and O–H groups in total. The molecule has 21 heavy (non-hydrogen) atoms. The van der Waals surface area contributed by atoms with Gasteiger partial charge >= 0.3 is 5.97 Å². The van der Waals surface area contributed by atoms with Crippen LogP contribution in [0.2, 0.25) is 0 Å². The first-order valence-corrected chi connectivity index (χ1v) is 7.83. The molecule has 2 rings (SSSR count). The normalized spacial score (nSPS) is 17.7. The van der Waals surface area contributed by atoms with Crippen LogP contribution in [0.5, 0.6) is 5.75 Å². The van der Waals surface area contributed by atoms with Gasteiger partial charge in [0.1, 0.15) is 5.75 Å². The first-order chi connectivity index (χ1) is 9.79. The summed E-state index contributed by atoms with van der Waals surface area (Å²) in [5.41, 5.74) is 2.55. The molecule has 3 heteroatoms. The number of rotatable bonds is 4. The summed E-state index contributed by atoms with van der Waals surface area (Å²) in [4.78, 5) is 11.0. The van der Waals surface area contributed by atoms with Crippen molar-refractivity contribution >= 4 is 5.97 Å². The fourth-order valence-corrected chi connectivity index (χ4v) is 2.92. The second-order valence-corrected chi connectivity index (χ2v) is 7.08. The molecule has 3 nitrogen and oxygen atoms in total. The van der Waals surface area contributed by atoms with Crippen molar-refractivity contribution in [2.24, 2.45) is 0 Å². The third kappa shape index (κ3) is 3.78. The molecule has 1 aromatic rings. The van der Waals surface area contributed by atoms with E-state index in [4.69, 9.17) is 9.84 Å². The molecule has 1 saturated carbocycles. The Balaban J connectivity index is 2.36. The number of carboxylic acids is 1. The van der Waals surface area contributed by atoms with Crippen LogP contribution in [0.15, 0.2) is 18.2 Å². The maximum atomic E-state index is 11.0. The fourth-order valence-electron chi connectivity index (χ4n) is 2.92. The number of benzene rings is 1.